The van der Waals surface area contributed by atoms with Crippen LogP contribution in [0.4, 0.5) is 0 Å². The van der Waals surface area contributed by atoms with Crippen LogP contribution in [0.3, 0.4) is 0 Å². The van der Waals surface area contributed by atoms with E-state index in [1.165, 1.54) is 0 Å². The fourth-order valence-electron chi connectivity index (χ4n) is 1.94. The summed E-state index contributed by atoms with van der Waals surface area (Å²) in [5.74, 6) is 1.53. The highest BCUT2D eigenvalue weighted by molar-refractivity contribution is 5.36. The van der Waals surface area contributed by atoms with E-state index >= 15 is 0 Å². The van der Waals surface area contributed by atoms with Gasteiger partial charge in [0, 0.05) is 0 Å². The minimum absolute atomic E-state index is 0.428. The van der Waals surface area contributed by atoms with Crippen LogP contribution in [0.15, 0.2) is 61.2 Å². The van der Waals surface area contributed by atoms with Gasteiger partial charge in [-0.05, 0) is 36.2 Å². The van der Waals surface area contributed by atoms with E-state index in [-0.39, 0.29) is 0 Å². The molecule has 3 nitrogen and oxygen atoms in total. The minimum Gasteiger partial charge on any atom is -0.490 e. The summed E-state index contributed by atoms with van der Waals surface area (Å²) in [6.45, 7) is 4.62. The van der Waals surface area contributed by atoms with Crippen LogP contribution >= 0.6 is 0 Å². The molecule has 0 unspecified atom stereocenters. The van der Waals surface area contributed by atoms with Crippen LogP contribution in [-0.2, 0) is 6.42 Å². The maximum absolute atomic E-state index is 8.83. The van der Waals surface area contributed by atoms with Gasteiger partial charge in [-0.15, -0.1) is 6.58 Å². The SMILES string of the molecule is C=CCc1ccccc1OCCOc1cccc(C#N)c1. The van der Waals surface area contributed by atoms with Crippen molar-refractivity contribution in [3.8, 4) is 17.6 Å². The zero-order chi connectivity index (χ0) is 14.9. The summed E-state index contributed by atoms with van der Waals surface area (Å²) in [7, 11) is 0. The van der Waals surface area contributed by atoms with Crippen LogP contribution in [0.25, 0.3) is 0 Å². The summed E-state index contributed by atoms with van der Waals surface area (Å²) in [5.41, 5.74) is 1.70. The number of benzene rings is 2. The number of rotatable bonds is 7. The van der Waals surface area contributed by atoms with E-state index in [1.54, 1.807) is 18.2 Å². The van der Waals surface area contributed by atoms with Crippen molar-refractivity contribution in [1.29, 1.82) is 5.26 Å². The average Bonchev–Trinajstić information content (AvgIpc) is 2.53. The Morgan fingerprint density at radius 1 is 1.05 bits per heavy atom. The number of hydrogen-bond donors (Lipinski definition) is 0. The van der Waals surface area contributed by atoms with Gasteiger partial charge < -0.3 is 9.47 Å². The maximum atomic E-state index is 8.83. The summed E-state index contributed by atoms with van der Waals surface area (Å²) >= 11 is 0. The molecule has 3 heteroatoms. The van der Waals surface area contributed by atoms with Crippen LogP contribution in [0.2, 0.25) is 0 Å². The smallest absolute Gasteiger partial charge is 0.122 e. The largest absolute Gasteiger partial charge is 0.490 e. The third-order valence-corrected chi connectivity index (χ3v) is 2.91. The lowest BCUT2D eigenvalue weighted by Gasteiger charge is -2.11. The standard InChI is InChI=1S/C18H17NO2/c1-2-6-16-8-3-4-10-18(16)21-12-11-20-17-9-5-7-15(13-17)14-19/h2-5,7-10,13H,1,6,11-12H2. The Kier molecular flexibility index (Phi) is 5.42. The van der Waals surface area contributed by atoms with Crippen LogP contribution in [-0.4, -0.2) is 13.2 Å². The normalized spacial score (nSPS) is 9.67. The maximum Gasteiger partial charge on any atom is 0.122 e. The Labute approximate surface area is 125 Å². The Morgan fingerprint density at radius 2 is 1.86 bits per heavy atom. The van der Waals surface area contributed by atoms with Crippen LogP contribution < -0.4 is 9.47 Å². The number of para-hydroxylation sites is 1. The molecular formula is C18H17NO2. The van der Waals surface area contributed by atoms with E-state index in [9.17, 15) is 0 Å². The van der Waals surface area contributed by atoms with Crippen LogP contribution in [0.1, 0.15) is 11.1 Å². The summed E-state index contributed by atoms with van der Waals surface area (Å²) in [5, 5.41) is 8.83. The quantitative estimate of drug-likeness (QED) is 0.572. The van der Waals surface area contributed by atoms with Gasteiger partial charge >= 0.3 is 0 Å². The Balaban J connectivity index is 1.85. The van der Waals surface area contributed by atoms with Crippen molar-refractivity contribution in [1.82, 2.24) is 0 Å². The van der Waals surface area contributed by atoms with Gasteiger partial charge in [-0.1, -0.05) is 30.3 Å². The van der Waals surface area contributed by atoms with Crippen LogP contribution in [0, 0.1) is 11.3 Å². The lowest BCUT2D eigenvalue weighted by molar-refractivity contribution is 0.216. The number of allylic oxidation sites excluding steroid dienone is 1. The molecule has 2 rings (SSSR count). The van der Waals surface area contributed by atoms with E-state index in [2.05, 4.69) is 12.6 Å². The Bertz CT molecular complexity index is 644. The molecule has 0 aliphatic carbocycles. The summed E-state index contributed by atoms with van der Waals surface area (Å²) in [4.78, 5) is 0. The lowest BCUT2D eigenvalue weighted by atomic mass is 10.1. The van der Waals surface area contributed by atoms with Crippen molar-refractivity contribution in [2.75, 3.05) is 13.2 Å². The minimum atomic E-state index is 0.428. The topological polar surface area (TPSA) is 42.2 Å². The van der Waals surface area contributed by atoms with Crippen molar-refractivity contribution in [3.63, 3.8) is 0 Å². The summed E-state index contributed by atoms with van der Waals surface area (Å²) in [6, 6.07) is 17.1. The van der Waals surface area contributed by atoms with E-state index in [0.717, 1.165) is 17.7 Å². The third-order valence-electron chi connectivity index (χ3n) is 2.91. The predicted molar refractivity (Wildman–Crippen MR) is 82.5 cm³/mol. The average molecular weight is 279 g/mol. The van der Waals surface area contributed by atoms with Gasteiger partial charge in [-0.2, -0.15) is 5.26 Å². The van der Waals surface area contributed by atoms with Gasteiger partial charge in [0.25, 0.3) is 0 Å². The molecule has 0 spiro atoms. The Morgan fingerprint density at radius 3 is 2.67 bits per heavy atom. The predicted octanol–water partition coefficient (Wildman–Crippen LogP) is 3.74. The van der Waals surface area contributed by atoms with Gasteiger partial charge in [0.05, 0.1) is 11.6 Å². The summed E-state index contributed by atoms with van der Waals surface area (Å²) < 4.78 is 11.3. The second kappa shape index (κ2) is 7.76. The first-order valence-corrected chi connectivity index (χ1v) is 6.78. The molecule has 0 aliphatic rings. The van der Waals surface area contributed by atoms with Crippen molar-refractivity contribution in [2.45, 2.75) is 6.42 Å². The van der Waals surface area contributed by atoms with E-state index in [0.29, 0.717) is 24.5 Å². The molecule has 106 valence electrons. The fraction of sp³-hybridized carbons (Fsp3) is 0.167. The number of hydrogen-bond acceptors (Lipinski definition) is 3. The first-order chi connectivity index (χ1) is 10.3. The van der Waals surface area contributed by atoms with E-state index in [1.807, 2.05) is 36.4 Å². The second-order valence-corrected chi connectivity index (χ2v) is 4.44. The molecule has 0 amide bonds. The number of nitriles is 1. The van der Waals surface area contributed by atoms with Gasteiger partial charge in [0.2, 0.25) is 0 Å². The van der Waals surface area contributed by atoms with E-state index in [4.69, 9.17) is 14.7 Å². The van der Waals surface area contributed by atoms with Crippen LogP contribution in [0.5, 0.6) is 11.5 Å². The molecule has 0 aliphatic heterocycles. The molecule has 0 aromatic heterocycles. The molecule has 2 aromatic carbocycles. The molecule has 0 N–H and O–H groups in total. The first-order valence-electron chi connectivity index (χ1n) is 6.78. The highest BCUT2D eigenvalue weighted by Crippen LogP contribution is 2.19. The van der Waals surface area contributed by atoms with Crippen molar-refractivity contribution in [3.05, 3.63) is 72.3 Å². The highest BCUT2D eigenvalue weighted by Gasteiger charge is 2.01. The third kappa shape index (κ3) is 4.39. The molecule has 0 radical (unpaired) electrons. The fourth-order valence-corrected chi connectivity index (χ4v) is 1.94. The molecule has 0 heterocycles. The van der Waals surface area contributed by atoms with E-state index < -0.39 is 0 Å². The van der Waals surface area contributed by atoms with Crippen molar-refractivity contribution >= 4 is 0 Å². The van der Waals surface area contributed by atoms with Gasteiger partial charge in [0.15, 0.2) is 0 Å². The molecule has 0 atom stereocenters. The molecule has 0 saturated carbocycles. The zero-order valence-corrected chi connectivity index (χ0v) is 11.8. The summed E-state index contributed by atoms with van der Waals surface area (Å²) in [6.07, 6.45) is 2.63. The first kappa shape index (κ1) is 14.7. The molecule has 2 aromatic rings. The molecular weight excluding hydrogens is 262 g/mol. The molecule has 0 bridgehead atoms. The number of nitrogens with zero attached hydrogens (tertiary/aromatic N) is 1. The number of ether oxygens (including phenoxy) is 2. The van der Waals surface area contributed by atoms with Gasteiger partial charge in [0.1, 0.15) is 24.7 Å². The highest BCUT2D eigenvalue weighted by atomic mass is 16.5. The monoisotopic (exact) mass is 279 g/mol. The zero-order valence-electron chi connectivity index (χ0n) is 11.8. The molecule has 21 heavy (non-hydrogen) atoms. The van der Waals surface area contributed by atoms with Crippen molar-refractivity contribution < 1.29 is 9.47 Å². The van der Waals surface area contributed by atoms with Gasteiger partial charge in [-0.25, -0.2) is 0 Å². The molecule has 0 fully saturated rings. The lowest BCUT2D eigenvalue weighted by Crippen LogP contribution is -2.10. The second-order valence-electron chi connectivity index (χ2n) is 4.44. The van der Waals surface area contributed by atoms with Crippen molar-refractivity contribution in [2.24, 2.45) is 0 Å². The molecule has 0 saturated heterocycles. The Hall–Kier alpha value is -2.73. The van der Waals surface area contributed by atoms with Gasteiger partial charge in [-0.3, -0.25) is 0 Å².